The Morgan fingerprint density at radius 1 is 1.00 bits per heavy atom. The van der Waals surface area contributed by atoms with Crippen molar-refractivity contribution in [2.24, 2.45) is 4.99 Å². The summed E-state index contributed by atoms with van der Waals surface area (Å²) in [5.41, 5.74) is -0.303. The van der Waals surface area contributed by atoms with E-state index in [1.165, 1.54) is 17.0 Å². The number of aromatic nitrogens is 5. The van der Waals surface area contributed by atoms with Crippen molar-refractivity contribution in [3.8, 4) is 11.5 Å². The quantitative estimate of drug-likeness (QED) is 0.361. The number of hydrogen-bond acceptors (Lipinski definition) is 8. The number of benzene rings is 2. The Hall–Kier alpha value is -4.51. The first-order valence-electron chi connectivity index (χ1n) is 10.9. The highest BCUT2D eigenvalue weighted by atomic mass is 35.5. The fourth-order valence-corrected chi connectivity index (χ4v) is 3.34. The first kappa shape index (κ1) is 24.6. The third-order valence-electron chi connectivity index (χ3n) is 4.89. The molecule has 0 aliphatic rings. The molecule has 11 nitrogen and oxygen atoms in total. The SMILES string of the molecule is CCOC(=O)Cn1c(=O)[nH]/c(=N\c2ccc(Oc3ccnnc3)cc2)n(Cc2ccc(Cl)cc2)c1=O. The molecule has 0 atom stereocenters. The molecule has 4 aromatic rings. The van der Waals surface area contributed by atoms with E-state index < -0.39 is 23.9 Å². The normalized spacial score (nSPS) is 11.3. The standard InChI is InChI=1S/C24H21ClN6O5/c1-2-35-21(32)15-31-23(33)29-22(30(24(31)34)14-16-3-5-17(25)6-4-16)28-18-7-9-19(10-8-18)36-20-11-12-26-27-13-20/h3-13H,2,14-15H2,1H3,(H,28,29,33). The molecular formula is C24H21ClN6O5. The summed E-state index contributed by atoms with van der Waals surface area (Å²) in [6.07, 6.45) is 2.99. The van der Waals surface area contributed by atoms with Gasteiger partial charge >= 0.3 is 17.3 Å². The minimum atomic E-state index is -0.788. The predicted molar refractivity (Wildman–Crippen MR) is 130 cm³/mol. The summed E-state index contributed by atoms with van der Waals surface area (Å²) in [5.74, 6) is 0.354. The van der Waals surface area contributed by atoms with E-state index in [-0.39, 0.29) is 18.8 Å². The lowest BCUT2D eigenvalue weighted by atomic mass is 10.2. The molecule has 36 heavy (non-hydrogen) atoms. The highest BCUT2D eigenvalue weighted by molar-refractivity contribution is 6.30. The maximum Gasteiger partial charge on any atom is 0.335 e. The fourth-order valence-electron chi connectivity index (χ4n) is 3.22. The Balaban J connectivity index is 1.73. The molecule has 0 unspecified atom stereocenters. The molecule has 0 amide bonds. The molecule has 0 radical (unpaired) electrons. The molecule has 1 N–H and O–H groups in total. The summed E-state index contributed by atoms with van der Waals surface area (Å²) in [4.78, 5) is 44.9. The van der Waals surface area contributed by atoms with Crippen LogP contribution in [0.5, 0.6) is 11.5 Å². The van der Waals surface area contributed by atoms with Crippen LogP contribution in [0.2, 0.25) is 5.02 Å². The van der Waals surface area contributed by atoms with Gasteiger partial charge in [0.05, 0.1) is 31.2 Å². The van der Waals surface area contributed by atoms with E-state index in [4.69, 9.17) is 21.1 Å². The highest BCUT2D eigenvalue weighted by Crippen LogP contribution is 2.22. The number of hydrogen-bond donors (Lipinski definition) is 1. The van der Waals surface area contributed by atoms with Gasteiger partial charge in [0, 0.05) is 11.1 Å². The second-order valence-corrected chi connectivity index (χ2v) is 7.86. The summed E-state index contributed by atoms with van der Waals surface area (Å²) in [5, 5.41) is 8.00. The molecule has 0 saturated carbocycles. The van der Waals surface area contributed by atoms with Crippen LogP contribution in [0, 0.1) is 0 Å². The molecule has 0 saturated heterocycles. The van der Waals surface area contributed by atoms with Crippen LogP contribution in [0.15, 0.2) is 81.6 Å². The van der Waals surface area contributed by atoms with Crippen molar-refractivity contribution in [3.05, 3.63) is 104 Å². The van der Waals surface area contributed by atoms with E-state index in [2.05, 4.69) is 20.2 Å². The van der Waals surface area contributed by atoms with Crippen LogP contribution in [0.3, 0.4) is 0 Å². The van der Waals surface area contributed by atoms with E-state index in [1.54, 1.807) is 61.5 Å². The second-order valence-electron chi connectivity index (χ2n) is 7.43. The number of esters is 1. The summed E-state index contributed by atoms with van der Waals surface area (Å²) in [6.45, 7) is 1.31. The summed E-state index contributed by atoms with van der Waals surface area (Å²) in [7, 11) is 0. The second kappa shape index (κ2) is 11.3. The maximum atomic E-state index is 13.3. The molecule has 2 heterocycles. The van der Waals surface area contributed by atoms with Crippen molar-refractivity contribution >= 4 is 23.3 Å². The van der Waals surface area contributed by atoms with Crippen molar-refractivity contribution in [1.82, 2.24) is 24.3 Å². The first-order valence-corrected chi connectivity index (χ1v) is 11.2. The van der Waals surface area contributed by atoms with E-state index in [0.717, 1.165) is 10.1 Å². The molecule has 0 spiro atoms. The molecule has 2 aromatic heterocycles. The Bertz CT molecular complexity index is 1530. The van der Waals surface area contributed by atoms with E-state index >= 15 is 0 Å². The zero-order chi connectivity index (χ0) is 25.5. The van der Waals surface area contributed by atoms with Gasteiger partial charge < -0.3 is 9.47 Å². The molecule has 4 rings (SSSR count). The van der Waals surface area contributed by atoms with Crippen LogP contribution in [0.25, 0.3) is 0 Å². The Labute approximate surface area is 209 Å². The largest absolute Gasteiger partial charge is 0.465 e. The van der Waals surface area contributed by atoms with Gasteiger partial charge in [-0.1, -0.05) is 23.7 Å². The van der Waals surface area contributed by atoms with Gasteiger partial charge in [0.2, 0.25) is 5.62 Å². The number of carbonyl (C=O) groups is 1. The van der Waals surface area contributed by atoms with Gasteiger partial charge in [-0.15, -0.1) is 0 Å². The molecule has 2 aromatic carbocycles. The van der Waals surface area contributed by atoms with Crippen molar-refractivity contribution in [1.29, 1.82) is 0 Å². The average Bonchev–Trinajstić information content (AvgIpc) is 2.87. The first-order chi connectivity index (χ1) is 17.4. The third kappa shape index (κ3) is 6.13. The van der Waals surface area contributed by atoms with E-state index in [0.29, 0.717) is 22.2 Å². The fraction of sp³-hybridized carbons (Fsp3) is 0.167. The molecule has 184 valence electrons. The maximum absolute atomic E-state index is 13.3. The third-order valence-corrected chi connectivity index (χ3v) is 5.14. The topological polar surface area (TPSA) is 133 Å². The van der Waals surface area contributed by atoms with Crippen LogP contribution in [0.1, 0.15) is 12.5 Å². The molecule has 0 fully saturated rings. The smallest absolute Gasteiger partial charge is 0.335 e. The average molecular weight is 509 g/mol. The minimum absolute atomic E-state index is 0.00654. The van der Waals surface area contributed by atoms with E-state index in [1.807, 2.05) is 0 Å². The lowest BCUT2D eigenvalue weighted by Gasteiger charge is -2.11. The summed E-state index contributed by atoms with van der Waals surface area (Å²) < 4.78 is 12.6. The van der Waals surface area contributed by atoms with Gasteiger partial charge in [-0.25, -0.2) is 19.1 Å². The van der Waals surface area contributed by atoms with Crippen LogP contribution in [-0.4, -0.2) is 36.9 Å². The number of H-pyrrole nitrogens is 1. The van der Waals surface area contributed by atoms with Crippen LogP contribution in [0.4, 0.5) is 5.69 Å². The van der Waals surface area contributed by atoms with Gasteiger partial charge in [-0.2, -0.15) is 10.2 Å². The number of ether oxygens (including phenoxy) is 2. The van der Waals surface area contributed by atoms with Crippen molar-refractivity contribution in [2.75, 3.05) is 6.61 Å². The molecule has 0 aliphatic heterocycles. The lowest BCUT2D eigenvalue weighted by molar-refractivity contribution is -0.144. The number of nitrogens with zero attached hydrogens (tertiary/aromatic N) is 5. The van der Waals surface area contributed by atoms with Gasteiger partial charge in [-0.3, -0.25) is 14.3 Å². The monoisotopic (exact) mass is 508 g/mol. The van der Waals surface area contributed by atoms with Gasteiger partial charge in [0.25, 0.3) is 0 Å². The Morgan fingerprint density at radius 2 is 1.75 bits per heavy atom. The van der Waals surface area contributed by atoms with Gasteiger partial charge in [-0.05, 0) is 48.9 Å². The van der Waals surface area contributed by atoms with Gasteiger partial charge in [0.1, 0.15) is 18.0 Å². The summed E-state index contributed by atoms with van der Waals surface area (Å²) in [6, 6.07) is 15.2. The van der Waals surface area contributed by atoms with E-state index in [9.17, 15) is 14.4 Å². The minimum Gasteiger partial charge on any atom is -0.465 e. The van der Waals surface area contributed by atoms with Crippen molar-refractivity contribution in [2.45, 2.75) is 20.0 Å². The zero-order valence-electron chi connectivity index (χ0n) is 19.1. The van der Waals surface area contributed by atoms with Crippen molar-refractivity contribution in [3.63, 3.8) is 0 Å². The molecular weight excluding hydrogens is 488 g/mol. The van der Waals surface area contributed by atoms with Crippen LogP contribution in [-0.2, 0) is 22.6 Å². The number of nitrogens with one attached hydrogen (secondary N) is 1. The summed E-state index contributed by atoms with van der Waals surface area (Å²) >= 11 is 5.97. The van der Waals surface area contributed by atoms with Crippen molar-refractivity contribution < 1.29 is 14.3 Å². The van der Waals surface area contributed by atoms with Crippen LogP contribution >= 0.6 is 11.6 Å². The predicted octanol–water partition coefficient (Wildman–Crippen LogP) is 2.42. The number of carbonyl (C=O) groups excluding carboxylic acids is 1. The Morgan fingerprint density at radius 3 is 2.42 bits per heavy atom. The van der Waals surface area contributed by atoms with Crippen LogP contribution < -0.4 is 21.7 Å². The van der Waals surface area contributed by atoms with Gasteiger partial charge in [0.15, 0.2) is 0 Å². The highest BCUT2D eigenvalue weighted by Gasteiger charge is 2.14. The number of halogens is 1. The molecule has 0 bridgehead atoms. The molecule has 12 heteroatoms. The number of aromatic amines is 1. The Kier molecular flexibility index (Phi) is 7.71. The number of rotatable bonds is 8. The lowest BCUT2D eigenvalue weighted by Crippen LogP contribution is -2.51. The molecule has 0 aliphatic carbocycles. The zero-order valence-corrected chi connectivity index (χ0v) is 19.9.